The lowest BCUT2D eigenvalue weighted by molar-refractivity contribution is 0.555. The monoisotopic (exact) mass is 276 g/mol. The van der Waals surface area contributed by atoms with Crippen molar-refractivity contribution in [3.63, 3.8) is 0 Å². The molecule has 108 valence electrons. The first-order valence-electron chi connectivity index (χ1n) is 7.03. The molecule has 0 amide bonds. The van der Waals surface area contributed by atoms with Gasteiger partial charge in [0.15, 0.2) is 5.82 Å². The van der Waals surface area contributed by atoms with Crippen molar-refractivity contribution < 1.29 is 4.39 Å². The number of aromatic nitrogens is 3. The van der Waals surface area contributed by atoms with Crippen LogP contribution in [0, 0.1) is 5.82 Å². The van der Waals surface area contributed by atoms with Gasteiger partial charge < -0.3 is 5.32 Å². The van der Waals surface area contributed by atoms with E-state index in [2.05, 4.69) is 15.4 Å². The second-order valence-electron chi connectivity index (χ2n) is 4.75. The summed E-state index contributed by atoms with van der Waals surface area (Å²) in [5.41, 5.74) is 1.38. The van der Waals surface area contributed by atoms with Gasteiger partial charge in [0.05, 0.1) is 5.69 Å². The van der Waals surface area contributed by atoms with E-state index in [0.717, 1.165) is 30.2 Å². The van der Waals surface area contributed by atoms with Gasteiger partial charge in [0, 0.05) is 24.4 Å². The zero-order valence-corrected chi connectivity index (χ0v) is 12.4. The van der Waals surface area contributed by atoms with Crippen LogP contribution in [0.2, 0.25) is 0 Å². The van der Waals surface area contributed by atoms with Gasteiger partial charge in [-0.15, -0.1) is 0 Å². The Morgan fingerprint density at radius 3 is 2.65 bits per heavy atom. The minimum atomic E-state index is -0.222. The summed E-state index contributed by atoms with van der Waals surface area (Å²) in [6, 6.07) is 4.99. The fourth-order valence-electron chi connectivity index (χ4n) is 2.25. The summed E-state index contributed by atoms with van der Waals surface area (Å²) in [5, 5.41) is 7.59. The first-order chi connectivity index (χ1) is 9.62. The standard InChI is InChI=1S/C15H21FN4/c1-5-13-18-14(6-2)20(19-13)12-9-7-8-11(16)15(12)10(3)17-4/h7-10,17H,5-6H2,1-4H3. The predicted octanol–water partition coefficient (Wildman–Crippen LogP) is 2.81. The van der Waals surface area contributed by atoms with Crippen LogP contribution in [0.15, 0.2) is 18.2 Å². The van der Waals surface area contributed by atoms with Gasteiger partial charge in [0.2, 0.25) is 0 Å². The van der Waals surface area contributed by atoms with E-state index < -0.39 is 0 Å². The first kappa shape index (κ1) is 14.7. The fraction of sp³-hybridized carbons (Fsp3) is 0.467. The third-order valence-electron chi connectivity index (χ3n) is 3.47. The average Bonchev–Trinajstić information content (AvgIpc) is 2.89. The highest BCUT2D eigenvalue weighted by molar-refractivity contribution is 5.43. The highest BCUT2D eigenvalue weighted by Crippen LogP contribution is 2.25. The smallest absolute Gasteiger partial charge is 0.151 e. The molecule has 0 bridgehead atoms. The van der Waals surface area contributed by atoms with E-state index in [0.29, 0.717) is 5.56 Å². The van der Waals surface area contributed by atoms with E-state index in [1.165, 1.54) is 6.07 Å². The Bertz CT molecular complexity index is 592. The molecule has 2 aromatic rings. The molecule has 5 heteroatoms. The highest BCUT2D eigenvalue weighted by atomic mass is 19.1. The SMILES string of the molecule is CCc1nc(CC)n(-c2cccc(F)c2C(C)NC)n1. The van der Waals surface area contributed by atoms with Gasteiger partial charge in [-0.25, -0.2) is 14.1 Å². The Hall–Kier alpha value is -1.75. The molecule has 0 fully saturated rings. The molecule has 4 nitrogen and oxygen atoms in total. The van der Waals surface area contributed by atoms with Crippen LogP contribution in [0.1, 0.15) is 44.0 Å². The quantitative estimate of drug-likeness (QED) is 0.913. The van der Waals surface area contributed by atoms with Crippen LogP contribution in [0.25, 0.3) is 5.69 Å². The fourth-order valence-corrected chi connectivity index (χ4v) is 2.25. The van der Waals surface area contributed by atoms with Gasteiger partial charge in [-0.2, -0.15) is 5.10 Å². The maximum Gasteiger partial charge on any atom is 0.151 e. The summed E-state index contributed by atoms with van der Waals surface area (Å²) >= 11 is 0. The molecular weight excluding hydrogens is 255 g/mol. The summed E-state index contributed by atoms with van der Waals surface area (Å²) in [6.45, 7) is 5.98. The van der Waals surface area contributed by atoms with E-state index >= 15 is 0 Å². The lowest BCUT2D eigenvalue weighted by Gasteiger charge is -2.17. The molecule has 2 rings (SSSR count). The molecule has 0 radical (unpaired) electrons. The second-order valence-corrected chi connectivity index (χ2v) is 4.75. The van der Waals surface area contributed by atoms with Gasteiger partial charge in [-0.1, -0.05) is 19.9 Å². The minimum absolute atomic E-state index is 0.0924. The number of nitrogens with one attached hydrogen (secondary N) is 1. The number of hydrogen-bond acceptors (Lipinski definition) is 3. The molecule has 0 aliphatic carbocycles. The van der Waals surface area contributed by atoms with Gasteiger partial charge in [0.25, 0.3) is 0 Å². The van der Waals surface area contributed by atoms with Gasteiger partial charge in [0.1, 0.15) is 11.6 Å². The molecule has 0 saturated heterocycles. The van der Waals surface area contributed by atoms with E-state index in [1.54, 1.807) is 10.7 Å². The molecular formula is C15H21FN4. The van der Waals surface area contributed by atoms with Gasteiger partial charge >= 0.3 is 0 Å². The summed E-state index contributed by atoms with van der Waals surface area (Å²) in [6.07, 6.45) is 1.53. The van der Waals surface area contributed by atoms with Crippen LogP contribution in [-0.4, -0.2) is 21.8 Å². The Morgan fingerprint density at radius 1 is 1.30 bits per heavy atom. The molecule has 1 N–H and O–H groups in total. The Labute approximate surface area is 119 Å². The van der Waals surface area contributed by atoms with Crippen LogP contribution in [0.3, 0.4) is 0 Å². The van der Waals surface area contributed by atoms with Crippen molar-refractivity contribution in [3.8, 4) is 5.69 Å². The topological polar surface area (TPSA) is 42.7 Å². The molecule has 0 spiro atoms. The van der Waals surface area contributed by atoms with E-state index in [9.17, 15) is 4.39 Å². The summed E-state index contributed by atoms with van der Waals surface area (Å²) in [4.78, 5) is 4.49. The third-order valence-corrected chi connectivity index (χ3v) is 3.47. The number of nitrogens with zero attached hydrogens (tertiary/aromatic N) is 3. The highest BCUT2D eigenvalue weighted by Gasteiger charge is 2.18. The zero-order valence-electron chi connectivity index (χ0n) is 12.4. The van der Waals surface area contributed by atoms with Crippen LogP contribution in [0.4, 0.5) is 4.39 Å². The molecule has 1 aromatic carbocycles. The summed E-state index contributed by atoms with van der Waals surface area (Å²) in [5.74, 6) is 1.42. The molecule has 0 saturated carbocycles. The molecule has 1 unspecified atom stereocenters. The van der Waals surface area contributed by atoms with E-state index in [4.69, 9.17) is 0 Å². The zero-order chi connectivity index (χ0) is 14.7. The van der Waals surface area contributed by atoms with Crippen LogP contribution in [0.5, 0.6) is 0 Å². The Kier molecular flexibility index (Phi) is 4.49. The van der Waals surface area contributed by atoms with Crippen LogP contribution < -0.4 is 5.32 Å². The second kappa shape index (κ2) is 6.13. The van der Waals surface area contributed by atoms with E-state index in [-0.39, 0.29) is 11.9 Å². The largest absolute Gasteiger partial charge is 0.313 e. The average molecular weight is 276 g/mol. The summed E-state index contributed by atoms with van der Waals surface area (Å²) < 4.78 is 16.0. The predicted molar refractivity (Wildman–Crippen MR) is 77.5 cm³/mol. The molecule has 0 aliphatic rings. The van der Waals surface area contributed by atoms with Crippen molar-refractivity contribution in [2.45, 2.75) is 39.7 Å². The number of halogens is 1. The maximum absolute atomic E-state index is 14.2. The van der Waals surface area contributed by atoms with Crippen molar-refractivity contribution in [2.75, 3.05) is 7.05 Å². The maximum atomic E-state index is 14.2. The van der Waals surface area contributed by atoms with Crippen LogP contribution in [-0.2, 0) is 12.8 Å². The normalized spacial score (nSPS) is 12.7. The van der Waals surface area contributed by atoms with Crippen molar-refractivity contribution in [3.05, 3.63) is 41.2 Å². The lowest BCUT2D eigenvalue weighted by Crippen LogP contribution is -2.18. The van der Waals surface area contributed by atoms with Crippen molar-refractivity contribution in [1.29, 1.82) is 0 Å². The van der Waals surface area contributed by atoms with E-state index in [1.807, 2.05) is 33.9 Å². The number of benzene rings is 1. The number of hydrogen-bond donors (Lipinski definition) is 1. The van der Waals surface area contributed by atoms with Crippen LogP contribution >= 0.6 is 0 Å². The Balaban J connectivity index is 2.63. The summed E-state index contributed by atoms with van der Waals surface area (Å²) in [7, 11) is 1.82. The number of rotatable bonds is 5. The number of aryl methyl sites for hydroxylation is 2. The molecule has 20 heavy (non-hydrogen) atoms. The molecule has 0 aliphatic heterocycles. The molecule has 1 heterocycles. The first-order valence-corrected chi connectivity index (χ1v) is 7.03. The minimum Gasteiger partial charge on any atom is -0.313 e. The molecule has 1 aromatic heterocycles. The molecule has 1 atom stereocenters. The van der Waals surface area contributed by atoms with Crippen molar-refractivity contribution in [1.82, 2.24) is 20.1 Å². The van der Waals surface area contributed by atoms with Crippen molar-refractivity contribution in [2.24, 2.45) is 0 Å². The van der Waals surface area contributed by atoms with Gasteiger partial charge in [-0.05, 0) is 26.1 Å². The van der Waals surface area contributed by atoms with Gasteiger partial charge in [-0.3, -0.25) is 0 Å². The lowest BCUT2D eigenvalue weighted by atomic mass is 10.1. The van der Waals surface area contributed by atoms with Crippen molar-refractivity contribution >= 4 is 0 Å². The third kappa shape index (κ3) is 2.58. The Morgan fingerprint density at radius 2 is 2.05 bits per heavy atom.